The molecule has 15 heavy (non-hydrogen) atoms. The third-order valence-electron chi connectivity index (χ3n) is 2.60. The first-order valence-corrected chi connectivity index (χ1v) is 4.79. The van der Waals surface area contributed by atoms with Gasteiger partial charge in [-0.3, -0.25) is 4.79 Å². The standard InChI is InChI=1S/C12H8N2O/c15-10-4-5-11-8(6-10)2-1-3-9-7-13-14-12(9)11/h1-5,7H,6H2. The highest BCUT2D eigenvalue weighted by atomic mass is 16.1. The van der Waals surface area contributed by atoms with E-state index in [0.29, 0.717) is 6.42 Å². The van der Waals surface area contributed by atoms with Crippen molar-refractivity contribution in [2.75, 3.05) is 0 Å². The van der Waals surface area contributed by atoms with E-state index in [2.05, 4.69) is 10.2 Å². The quantitative estimate of drug-likeness (QED) is 0.644. The maximum atomic E-state index is 11.3. The molecule has 0 atom stereocenters. The van der Waals surface area contributed by atoms with Gasteiger partial charge in [0.2, 0.25) is 0 Å². The number of nitrogens with zero attached hydrogens (tertiary/aromatic N) is 2. The summed E-state index contributed by atoms with van der Waals surface area (Å²) in [6, 6.07) is 5.88. The number of allylic oxidation sites excluding steroid dienone is 1. The van der Waals surface area contributed by atoms with E-state index in [0.717, 1.165) is 22.4 Å². The Labute approximate surface area is 86.8 Å². The van der Waals surface area contributed by atoms with Crippen LogP contribution in [-0.4, -0.2) is 16.0 Å². The normalized spacial score (nSPS) is 14.3. The maximum Gasteiger partial charge on any atom is 0.160 e. The second kappa shape index (κ2) is 2.98. The summed E-state index contributed by atoms with van der Waals surface area (Å²) >= 11 is 0. The largest absolute Gasteiger partial charge is 0.294 e. The number of aromatic nitrogens is 2. The first kappa shape index (κ1) is 8.29. The molecule has 0 N–H and O–H groups in total. The van der Waals surface area contributed by atoms with Crippen LogP contribution >= 0.6 is 0 Å². The van der Waals surface area contributed by atoms with E-state index in [-0.39, 0.29) is 5.78 Å². The molecule has 1 aliphatic heterocycles. The van der Waals surface area contributed by atoms with Gasteiger partial charge in [0, 0.05) is 17.5 Å². The first-order valence-electron chi connectivity index (χ1n) is 4.79. The van der Waals surface area contributed by atoms with Gasteiger partial charge >= 0.3 is 0 Å². The van der Waals surface area contributed by atoms with Crippen LogP contribution in [0.5, 0.6) is 0 Å². The molecule has 0 aromatic heterocycles. The smallest absolute Gasteiger partial charge is 0.160 e. The van der Waals surface area contributed by atoms with Gasteiger partial charge in [-0.05, 0) is 17.7 Å². The summed E-state index contributed by atoms with van der Waals surface area (Å²) < 4.78 is 0. The first-order chi connectivity index (χ1) is 7.34. The molecule has 2 aliphatic carbocycles. The van der Waals surface area contributed by atoms with Gasteiger partial charge in [-0.15, -0.1) is 5.10 Å². The number of ketones is 1. The van der Waals surface area contributed by atoms with Crippen molar-refractivity contribution in [3.63, 3.8) is 0 Å². The van der Waals surface area contributed by atoms with Crippen molar-refractivity contribution >= 4 is 11.9 Å². The van der Waals surface area contributed by atoms with Gasteiger partial charge in [0.25, 0.3) is 0 Å². The Kier molecular flexibility index (Phi) is 1.65. The van der Waals surface area contributed by atoms with Crippen LogP contribution in [0.25, 0.3) is 17.3 Å². The van der Waals surface area contributed by atoms with E-state index in [1.54, 1.807) is 12.3 Å². The summed E-state index contributed by atoms with van der Waals surface area (Å²) in [5, 5.41) is 7.97. The van der Waals surface area contributed by atoms with Crippen molar-refractivity contribution in [3.05, 3.63) is 41.6 Å². The highest BCUT2D eigenvalue weighted by molar-refractivity contribution is 5.99. The Morgan fingerprint density at radius 3 is 3.07 bits per heavy atom. The summed E-state index contributed by atoms with van der Waals surface area (Å²) in [6.07, 6.45) is 5.64. The molecule has 0 amide bonds. The molecule has 0 unspecified atom stereocenters. The summed E-state index contributed by atoms with van der Waals surface area (Å²) in [5.41, 5.74) is 3.93. The number of carbonyl (C=O) groups excluding carboxylic acids is 1. The average Bonchev–Trinajstić information content (AvgIpc) is 2.61. The molecule has 3 rings (SSSR count). The Hall–Kier alpha value is -2.03. The molecule has 1 heterocycles. The van der Waals surface area contributed by atoms with Gasteiger partial charge in [-0.2, -0.15) is 5.10 Å². The second-order valence-corrected chi connectivity index (χ2v) is 3.59. The predicted octanol–water partition coefficient (Wildman–Crippen LogP) is 1.72. The van der Waals surface area contributed by atoms with E-state index >= 15 is 0 Å². The van der Waals surface area contributed by atoms with Gasteiger partial charge in [-0.1, -0.05) is 18.2 Å². The van der Waals surface area contributed by atoms with Crippen molar-refractivity contribution in [1.29, 1.82) is 0 Å². The molecule has 0 fully saturated rings. The van der Waals surface area contributed by atoms with E-state index < -0.39 is 0 Å². The fourth-order valence-electron chi connectivity index (χ4n) is 1.87. The van der Waals surface area contributed by atoms with Crippen LogP contribution in [-0.2, 0) is 11.2 Å². The lowest BCUT2D eigenvalue weighted by atomic mass is 9.96. The van der Waals surface area contributed by atoms with Gasteiger partial charge in [0.1, 0.15) is 5.69 Å². The summed E-state index contributed by atoms with van der Waals surface area (Å²) in [4.78, 5) is 11.3. The molecule has 3 aliphatic rings. The lowest BCUT2D eigenvalue weighted by Gasteiger charge is -2.07. The monoisotopic (exact) mass is 196 g/mol. The predicted molar refractivity (Wildman–Crippen MR) is 56.4 cm³/mol. The molecule has 0 aromatic carbocycles. The number of hydrogen-bond donors (Lipinski definition) is 0. The molecule has 0 bridgehead atoms. The van der Waals surface area contributed by atoms with Gasteiger partial charge in [0.05, 0.1) is 6.20 Å². The molecule has 3 heteroatoms. The summed E-state index contributed by atoms with van der Waals surface area (Å²) in [5.74, 6) is 0.140. The minimum absolute atomic E-state index is 0.140. The number of hydrogen-bond acceptors (Lipinski definition) is 3. The van der Waals surface area contributed by atoms with Gasteiger partial charge in [0.15, 0.2) is 5.78 Å². The van der Waals surface area contributed by atoms with Crippen LogP contribution in [0.15, 0.2) is 30.5 Å². The summed E-state index contributed by atoms with van der Waals surface area (Å²) in [7, 11) is 0. The maximum absolute atomic E-state index is 11.3. The fourth-order valence-corrected chi connectivity index (χ4v) is 1.87. The molecular weight excluding hydrogens is 188 g/mol. The highest BCUT2D eigenvalue weighted by Crippen LogP contribution is 2.28. The van der Waals surface area contributed by atoms with Crippen molar-refractivity contribution in [2.24, 2.45) is 0 Å². The van der Waals surface area contributed by atoms with E-state index in [4.69, 9.17) is 0 Å². The van der Waals surface area contributed by atoms with Gasteiger partial charge in [-0.25, -0.2) is 0 Å². The van der Waals surface area contributed by atoms with Crippen molar-refractivity contribution in [2.45, 2.75) is 6.42 Å². The van der Waals surface area contributed by atoms with E-state index in [1.165, 1.54) is 0 Å². The number of rotatable bonds is 0. The van der Waals surface area contributed by atoms with Crippen molar-refractivity contribution < 1.29 is 4.79 Å². The molecule has 0 spiro atoms. The van der Waals surface area contributed by atoms with Gasteiger partial charge < -0.3 is 0 Å². The molecule has 0 radical (unpaired) electrons. The van der Waals surface area contributed by atoms with Crippen LogP contribution < -0.4 is 0 Å². The molecular formula is C12H8N2O. The fraction of sp³-hybridized carbons (Fsp3) is 0.0833. The Balaban J connectivity index is 2.34. The van der Waals surface area contributed by atoms with Crippen LogP contribution in [0.3, 0.4) is 0 Å². The Morgan fingerprint density at radius 2 is 2.13 bits per heavy atom. The molecule has 72 valence electrons. The molecule has 0 saturated heterocycles. The third kappa shape index (κ3) is 1.24. The topological polar surface area (TPSA) is 42.9 Å². The molecule has 3 nitrogen and oxygen atoms in total. The summed E-state index contributed by atoms with van der Waals surface area (Å²) in [6.45, 7) is 0. The second-order valence-electron chi connectivity index (χ2n) is 3.59. The average molecular weight is 196 g/mol. The third-order valence-corrected chi connectivity index (χ3v) is 2.60. The zero-order chi connectivity index (χ0) is 10.3. The van der Waals surface area contributed by atoms with Crippen LogP contribution in [0.4, 0.5) is 0 Å². The zero-order valence-electron chi connectivity index (χ0n) is 7.97. The Bertz CT molecular complexity index is 545. The van der Waals surface area contributed by atoms with Crippen LogP contribution in [0.2, 0.25) is 0 Å². The molecule has 0 saturated carbocycles. The minimum Gasteiger partial charge on any atom is -0.294 e. The van der Waals surface area contributed by atoms with E-state index in [9.17, 15) is 4.79 Å². The van der Waals surface area contributed by atoms with Crippen LogP contribution in [0, 0.1) is 0 Å². The molecule has 0 aromatic rings. The minimum atomic E-state index is 0.140. The van der Waals surface area contributed by atoms with Crippen LogP contribution in [0.1, 0.15) is 11.1 Å². The number of carbonyl (C=O) groups is 1. The lowest BCUT2D eigenvalue weighted by molar-refractivity contribution is -0.114. The number of fused-ring (bicyclic) bond motifs is 3. The van der Waals surface area contributed by atoms with Crippen molar-refractivity contribution in [1.82, 2.24) is 10.2 Å². The SMILES string of the molecule is O=C1C=Cc2c(cccc3cnnc2-3)C1. The Morgan fingerprint density at radius 1 is 1.20 bits per heavy atom. The zero-order valence-corrected chi connectivity index (χ0v) is 7.97. The van der Waals surface area contributed by atoms with E-state index in [1.807, 2.05) is 24.3 Å². The lowest BCUT2D eigenvalue weighted by Crippen LogP contribution is -2.04. The van der Waals surface area contributed by atoms with Crippen molar-refractivity contribution in [3.8, 4) is 11.3 Å². The highest BCUT2D eigenvalue weighted by Gasteiger charge is 2.16.